The third-order valence-electron chi connectivity index (χ3n) is 5.55. The monoisotopic (exact) mass is 390 g/mol. The Morgan fingerprint density at radius 1 is 1.07 bits per heavy atom. The lowest BCUT2D eigenvalue weighted by Crippen LogP contribution is -2.39. The highest BCUT2D eigenvalue weighted by molar-refractivity contribution is 7.80. The number of thiocarbonyl (C=S) groups is 1. The number of hydrogen-bond acceptors (Lipinski definition) is 5. The van der Waals surface area contributed by atoms with Crippen molar-refractivity contribution in [2.24, 2.45) is 5.92 Å². The smallest absolute Gasteiger partial charge is 0.232 e. The van der Waals surface area contributed by atoms with Crippen LogP contribution in [0.25, 0.3) is 0 Å². The third kappa shape index (κ3) is 5.43. The van der Waals surface area contributed by atoms with Gasteiger partial charge in [0.05, 0.1) is 0 Å². The Hall–Kier alpha value is -1.63. The fourth-order valence-corrected chi connectivity index (χ4v) is 4.19. The highest BCUT2D eigenvalue weighted by Gasteiger charge is 2.24. The molecule has 3 rings (SSSR count). The summed E-state index contributed by atoms with van der Waals surface area (Å²) in [6, 6.07) is 2.96. The first-order valence-corrected chi connectivity index (χ1v) is 10.8. The highest BCUT2D eigenvalue weighted by atomic mass is 32.1. The third-order valence-corrected chi connectivity index (χ3v) is 5.77. The molecule has 1 aromatic heterocycles. The molecule has 2 N–H and O–H groups in total. The van der Waals surface area contributed by atoms with E-state index in [-0.39, 0.29) is 6.04 Å². The standard InChI is InChI=1S/C20H34N6S/c1-14(2)21-20(27)24-19-22-17(25-11-8-15(3)9-12-25)13-18(23-19)26-10-6-5-7-16(26)4/h13-16H,5-12H2,1-4H3,(H2,21,22,23,24,27)/t16-/m0/s1. The maximum atomic E-state index is 5.42. The fourth-order valence-electron chi connectivity index (χ4n) is 3.86. The van der Waals surface area contributed by atoms with E-state index in [0.29, 0.717) is 17.1 Å². The van der Waals surface area contributed by atoms with Crippen molar-refractivity contribution in [2.45, 2.75) is 71.9 Å². The molecule has 27 heavy (non-hydrogen) atoms. The quantitative estimate of drug-likeness (QED) is 0.759. The summed E-state index contributed by atoms with van der Waals surface area (Å²) in [4.78, 5) is 14.4. The zero-order valence-corrected chi connectivity index (χ0v) is 18.0. The van der Waals surface area contributed by atoms with E-state index in [1.165, 1.54) is 32.1 Å². The van der Waals surface area contributed by atoms with Gasteiger partial charge in [-0.1, -0.05) is 6.92 Å². The van der Waals surface area contributed by atoms with Gasteiger partial charge in [-0.3, -0.25) is 0 Å². The molecule has 3 heterocycles. The van der Waals surface area contributed by atoms with Crippen LogP contribution in [0.15, 0.2) is 6.07 Å². The van der Waals surface area contributed by atoms with Crippen LogP contribution in [0, 0.1) is 5.92 Å². The van der Waals surface area contributed by atoms with Crippen LogP contribution in [0.5, 0.6) is 0 Å². The lowest BCUT2D eigenvalue weighted by Gasteiger charge is -2.36. The minimum absolute atomic E-state index is 0.276. The number of nitrogens with zero attached hydrogens (tertiary/aromatic N) is 4. The molecule has 6 nitrogen and oxygen atoms in total. The second kappa shape index (κ2) is 9.04. The van der Waals surface area contributed by atoms with E-state index in [2.05, 4.69) is 54.2 Å². The molecule has 0 radical (unpaired) electrons. The van der Waals surface area contributed by atoms with Gasteiger partial charge in [0.15, 0.2) is 5.11 Å². The molecule has 0 amide bonds. The van der Waals surface area contributed by atoms with E-state index in [9.17, 15) is 0 Å². The summed E-state index contributed by atoms with van der Waals surface area (Å²) in [5.41, 5.74) is 0. The predicted molar refractivity (Wildman–Crippen MR) is 118 cm³/mol. The molecule has 0 saturated carbocycles. The summed E-state index contributed by atoms with van der Waals surface area (Å²) >= 11 is 5.42. The average Bonchev–Trinajstić information content (AvgIpc) is 2.61. The molecule has 1 atom stereocenters. The summed E-state index contributed by atoms with van der Waals surface area (Å²) < 4.78 is 0. The van der Waals surface area contributed by atoms with Crippen LogP contribution in [-0.4, -0.2) is 46.8 Å². The van der Waals surface area contributed by atoms with Gasteiger partial charge in [0.2, 0.25) is 5.95 Å². The van der Waals surface area contributed by atoms with Crippen LogP contribution in [0.1, 0.15) is 59.8 Å². The van der Waals surface area contributed by atoms with Gasteiger partial charge < -0.3 is 20.4 Å². The second-order valence-electron chi connectivity index (χ2n) is 8.37. The fraction of sp³-hybridized carbons (Fsp3) is 0.750. The Balaban J connectivity index is 1.86. The molecular formula is C20H34N6S. The van der Waals surface area contributed by atoms with Crippen molar-refractivity contribution < 1.29 is 0 Å². The summed E-state index contributed by atoms with van der Waals surface area (Å²) in [6.45, 7) is 11.9. The van der Waals surface area contributed by atoms with Crippen molar-refractivity contribution in [1.29, 1.82) is 0 Å². The number of anilines is 3. The van der Waals surface area contributed by atoms with Gasteiger partial charge >= 0.3 is 0 Å². The Morgan fingerprint density at radius 3 is 2.44 bits per heavy atom. The highest BCUT2D eigenvalue weighted by Crippen LogP contribution is 2.29. The first kappa shape index (κ1) is 20.1. The average molecular weight is 391 g/mol. The van der Waals surface area contributed by atoms with Gasteiger partial charge in [0.1, 0.15) is 11.6 Å². The van der Waals surface area contributed by atoms with Crippen molar-refractivity contribution in [1.82, 2.24) is 15.3 Å². The van der Waals surface area contributed by atoms with Crippen LogP contribution >= 0.6 is 12.2 Å². The molecule has 150 valence electrons. The molecule has 0 unspecified atom stereocenters. The Labute approximate surface area is 169 Å². The summed E-state index contributed by atoms with van der Waals surface area (Å²) in [5, 5.41) is 6.99. The van der Waals surface area contributed by atoms with E-state index < -0.39 is 0 Å². The van der Waals surface area contributed by atoms with Gasteiger partial charge in [0.25, 0.3) is 0 Å². The minimum atomic E-state index is 0.276. The van der Waals surface area contributed by atoms with E-state index in [1.54, 1.807) is 0 Å². The molecule has 2 fully saturated rings. The maximum Gasteiger partial charge on any atom is 0.232 e. The zero-order valence-electron chi connectivity index (χ0n) is 17.2. The number of nitrogens with one attached hydrogen (secondary N) is 2. The van der Waals surface area contributed by atoms with Crippen LogP contribution in [-0.2, 0) is 0 Å². The lowest BCUT2D eigenvalue weighted by molar-refractivity contribution is 0.436. The molecule has 1 aromatic rings. The van der Waals surface area contributed by atoms with E-state index in [0.717, 1.165) is 37.2 Å². The van der Waals surface area contributed by atoms with E-state index >= 15 is 0 Å². The first-order chi connectivity index (χ1) is 12.9. The maximum absolute atomic E-state index is 5.42. The van der Waals surface area contributed by atoms with Gasteiger partial charge in [-0.05, 0) is 71.0 Å². The summed E-state index contributed by atoms with van der Waals surface area (Å²) in [7, 11) is 0. The molecule has 0 spiro atoms. The van der Waals surface area contributed by atoms with Crippen molar-refractivity contribution in [3.05, 3.63) is 6.07 Å². The van der Waals surface area contributed by atoms with Crippen molar-refractivity contribution >= 4 is 34.9 Å². The SMILES string of the molecule is CC1CCN(c2cc(N3CCCC[C@@H]3C)nc(NC(=S)NC(C)C)n2)CC1. The summed E-state index contributed by atoms with van der Waals surface area (Å²) in [6.07, 6.45) is 6.18. The first-order valence-electron chi connectivity index (χ1n) is 10.4. The largest absolute Gasteiger partial charge is 0.360 e. The molecule has 2 aliphatic heterocycles. The van der Waals surface area contributed by atoms with Crippen molar-refractivity contribution in [3.63, 3.8) is 0 Å². The molecule has 2 saturated heterocycles. The predicted octanol–water partition coefficient (Wildman–Crippen LogP) is 3.79. The lowest BCUT2D eigenvalue weighted by atomic mass is 9.99. The van der Waals surface area contributed by atoms with Gasteiger partial charge in [-0.25, -0.2) is 0 Å². The molecule has 0 aromatic carbocycles. The zero-order chi connectivity index (χ0) is 19.4. The van der Waals surface area contributed by atoms with Gasteiger partial charge in [-0.2, -0.15) is 9.97 Å². The molecule has 0 aliphatic carbocycles. The topological polar surface area (TPSA) is 56.3 Å². The van der Waals surface area contributed by atoms with Crippen LogP contribution in [0.3, 0.4) is 0 Å². The molecule has 2 aliphatic rings. The number of aromatic nitrogens is 2. The normalized spacial score (nSPS) is 21.4. The molecular weight excluding hydrogens is 356 g/mol. The van der Waals surface area contributed by atoms with Crippen LogP contribution < -0.4 is 20.4 Å². The summed E-state index contributed by atoms with van der Waals surface area (Å²) in [5.74, 6) is 3.42. The van der Waals surface area contributed by atoms with Crippen molar-refractivity contribution in [2.75, 3.05) is 34.8 Å². The van der Waals surface area contributed by atoms with Crippen molar-refractivity contribution in [3.8, 4) is 0 Å². The molecule has 7 heteroatoms. The Morgan fingerprint density at radius 2 is 1.78 bits per heavy atom. The second-order valence-corrected chi connectivity index (χ2v) is 8.78. The Bertz CT molecular complexity index is 641. The minimum Gasteiger partial charge on any atom is -0.360 e. The van der Waals surface area contributed by atoms with Gasteiger partial charge in [-0.15, -0.1) is 0 Å². The van der Waals surface area contributed by atoms with Crippen LogP contribution in [0.4, 0.5) is 17.6 Å². The molecule has 0 bridgehead atoms. The number of piperidine rings is 2. The van der Waals surface area contributed by atoms with Gasteiger partial charge in [0, 0.05) is 37.8 Å². The Kier molecular flexibility index (Phi) is 6.73. The number of rotatable bonds is 4. The number of hydrogen-bond donors (Lipinski definition) is 2. The van der Waals surface area contributed by atoms with Crippen LogP contribution in [0.2, 0.25) is 0 Å². The van der Waals surface area contributed by atoms with E-state index in [1.807, 2.05) is 0 Å². The van der Waals surface area contributed by atoms with E-state index in [4.69, 9.17) is 22.2 Å².